The fourth-order valence-electron chi connectivity index (χ4n) is 2.23. The first-order chi connectivity index (χ1) is 8.59. The number of hydrogen-bond donors (Lipinski definition) is 0. The van der Waals surface area contributed by atoms with Crippen molar-refractivity contribution in [2.24, 2.45) is 5.92 Å². The molecule has 2 atom stereocenters. The smallest absolute Gasteiger partial charge is 0.273 e. The zero-order valence-corrected chi connectivity index (χ0v) is 10.2. The van der Waals surface area contributed by atoms with Gasteiger partial charge in [-0.3, -0.25) is 14.9 Å². The third-order valence-corrected chi connectivity index (χ3v) is 3.26. The molecule has 1 fully saturated rings. The van der Waals surface area contributed by atoms with Gasteiger partial charge in [0.1, 0.15) is 6.10 Å². The van der Waals surface area contributed by atoms with Gasteiger partial charge in [-0.05, 0) is 12.3 Å². The van der Waals surface area contributed by atoms with E-state index in [1.54, 1.807) is 18.2 Å². The van der Waals surface area contributed by atoms with Crippen molar-refractivity contribution in [3.05, 3.63) is 39.9 Å². The molecule has 5 heteroatoms. The summed E-state index contributed by atoms with van der Waals surface area (Å²) in [6.45, 7) is 2.56. The van der Waals surface area contributed by atoms with Gasteiger partial charge in [-0.15, -0.1) is 0 Å². The Labute approximate surface area is 105 Å². The molecule has 0 aromatic heterocycles. The molecule has 1 aromatic carbocycles. The lowest BCUT2D eigenvalue weighted by Gasteiger charge is -2.13. The molecule has 0 aliphatic carbocycles. The highest BCUT2D eigenvalue weighted by Gasteiger charge is 2.31. The molecule has 0 amide bonds. The van der Waals surface area contributed by atoms with Crippen molar-refractivity contribution in [2.75, 3.05) is 6.61 Å². The third kappa shape index (κ3) is 2.56. The molecule has 1 heterocycles. The lowest BCUT2D eigenvalue weighted by Crippen LogP contribution is -2.26. The number of carbonyl (C=O) groups excluding carboxylic acids is 1. The van der Waals surface area contributed by atoms with Gasteiger partial charge in [-0.25, -0.2) is 0 Å². The van der Waals surface area contributed by atoms with Gasteiger partial charge in [0.05, 0.1) is 4.92 Å². The van der Waals surface area contributed by atoms with Crippen molar-refractivity contribution < 1.29 is 14.5 Å². The van der Waals surface area contributed by atoms with Crippen LogP contribution in [0.4, 0.5) is 5.69 Å². The van der Waals surface area contributed by atoms with E-state index >= 15 is 0 Å². The lowest BCUT2D eigenvalue weighted by atomic mass is 9.96. The summed E-state index contributed by atoms with van der Waals surface area (Å²) in [4.78, 5) is 22.4. The molecular formula is C13H15NO4. The number of benzene rings is 1. The summed E-state index contributed by atoms with van der Waals surface area (Å²) in [5.74, 6) is 0.120. The van der Waals surface area contributed by atoms with E-state index in [4.69, 9.17) is 4.74 Å². The van der Waals surface area contributed by atoms with Gasteiger partial charge in [0.25, 0.3) is 5.69 Å². The van der Waals surface area contributed by atoms with Crippen molar-refractivity contribution in [3.63, 3.8) is 0 Å². The second-order valence-electron chi connectivity index (χ2n) is 4.59. The number of nitro groups is 1. The number of rotatable bonds is 4. The predicted octanol–water partition coefficient (Wildman–Crippen LogP) is 2.13. The van der Waals surface area contributed by atoms with Crippen LogP contribution in [0.5, 0.6) is 0 Å². The normalized spacial score (nSPS) is 22.9. The first kappa shape index (κ1) is 12.7. The summed E-state index contributed by atoms with van der Waals surface area (Å²) < 4.78 is 5.38. The summed E-state index contributed by atoms with van der Waals surface area (Å²) in [7, 11) is 0. The molecule has 96 valence electrons. The summed E-state index contributed by atoms with van der Waals surface area (Å²) >= 11 is 0. The molecule has 0 radical (unpaired) electrons. The topological polar surface area (TPSA) is 69.4 Å². The van der Waals surface area contributed by atoms with Crippen LogP contribution in [0, 0.1) is 16.0 Å². The Bertz CT molecular complexity index is 472. The SMILES string of the molecule is CC1CCOC1C(=O)Cc1ccccc1[N+](=O)[O-]. The molecule has 1 aromatic rings. The molecular weight excluding hydrogens is 234 g/mol. The monoisotopic (exact) mass is 249 g/mol. The summed E-state index contributed by atoms with van der Waals surface area (Å²) in [5, 5.41) is 10.9. The largest absolute Gasteiger partial charge is 0.370 e. The summed E-state index contributed by atoms with van der Waals surface area (Å²) in [5.41, 5.74) is 0.451. The minimum Gasteiger partial charge on any atom is -0.370 e. The number of carbonyl (C=O) groups is 1. The quantitative estimate of drug-likeness (QED) is 0.605. The zero-order chi connectivity index (χ0) is 13.1. The summed E-state index contributed by atoms with van der Waals surface area (Å²) in [6, 6.07) is 6.34. The van der Waals surface area contributed by atoms with Crippen LogP contribution in [-0.2, 0) is 16.0 Å². The average molecular weight is 249 g/mol. The molecule has 0 spiro atoms. The molecule has 0 bridgehead atoms. The van der Waals surface area contributed by atoms with E-state index in [0.29, 0.717) is 12.2 Å². The first-order valence-electron chi connectivity index (χ1n) is 5.96. The van der Waals surface area contributed by atoms with E-state index < -0.39 is 11.0 Å². The average Bonchev–Trinajstić information content (AvgIpc) is 2.76. The predicted molar refractivity (Wildman–Crippen MR) is 65.3 cm³/mol. The van der Waals surface area contributed by atoms with Crippen molar-refractivity contribution >= 4 is 11.5 Å². The van der Waals surface area contributed by atoms with Crippen LogP contribution in [0.15, 0.2) is 24.3 Å². The minimum atomic E-state index is -0.457. The second kappa shape index (κ2) is 5.27. The van der Waals surface area contributed by atoms with Crippen LogP contribution in [0.1, 0.15) is 18.9 Å². The van der Waals surface area contributed by atoms with E-state index in [-0.39, 0.29) is 23.8 Å². The maximum Gasteiger partial charge on any atom is 0.273 e. The Hall–Kier alpha value is -1.75. The van der Waals surface area contributed by atoms with Crippen LogP contribution in [0.3, 0.4) is 0 Å². The molecule has 0 N–H and O–H groups in total. The zero-order valence-electron chi connectivity index (χ0n) is 10.2. The maximum absolute atomic E-state index is 12.1. The van der Waals surface area contributed by atoms with Crippen molar-refractivity contribution in [3.8, 4) is 0 Å². The van der Waals surface area contributed by atoms with E-state index in [1.807, 2.05) is 6.92 Å². The van der Waals surface area contributed by atoms with Crippen LogP contribution in [-0.4, -0.2) is 23.4 Å². The standard InChI is InChI=1S/C13H15NO4/c1-9-6-7-18-13(9)12(15)8-10-4-2-3-5-11(10)14(16)17/h2-5,9,13H,6-8H2,1H3. The third-order valence-electron chi connectivity index (χ3n) is 3.26. The van der Waals surface area contributed by atoms with Crippen LogP contribution >= 0.6 is 0 Å². The van der Waals surface area contributed by atoms with Crippen LogP contribution < -0.4 is 0 Å². The van der Waals surface area contributed by atoms with Gasteiger partial charge in [0.15, 0.2) is 5.78 Å². The number of hydrogen-bond acceptors (Lipinski definition) is 4. The highest BCUT2D eigenvalue weighted by atomic mass is 16.6. The minimum absolute atomic E-state index is 0.00324. The number of Topliss-reactive ketones (excluding diaryl/α,β-unsaturated/α-hetero) is 1. The molecule has 0 saturated carbocycles. The number of ether oxygens (including phenoxy) is 1. The fraction of sp³-hybridized carbons (Fsp3) is 0.462. The molecule has 2 rings (SSSR count). The lowest BCUT2D eigenvalue weighted by molar-refractivity contribution is -0.385. The van der Waals surface area contributed by atoms with Gasteiger partial charge >= 0.3 is 0 Å². The maximum atomic E-state index is 12.1. The molecule has 1 aliphatic heterocycles. The van der Waals surface area contributed by atoms with Crippen LogP contribution in [0.25, 0.3) is 0 Å². The highest BCUT2D eigenvalue weighted by molar-refractivity contribution is 5.86. The fourth-order valence-corrected chi connectivity index (χ4v) is 2.23. The molecule has 1 saturated heterocycles. The van der Waals surface area contributed by atoms with Gasteiger partial charge in [0, 0.05) is 24.7 Å². The Morgan fingerprint density at radius 1 is 1.50 bits per heavy atom. The number of nitrogens with zero attached hydrogens (tertiary/aromatic N) is 1. The van der Waals surface area contributed by atoms with Crippen molar-refractivity contribution in [1.82, 2.24) is 0 Å². The second-order valence-corrected chi connectivity index (χ2v) is 4.59. The van der Waals surface area contributed by atoms with E-state index in [2.05, 4.69) is 0 Å². The Kier molecular flexibility index (Phi) is 3.72. The van der Waals surface area contributed by atoms with Crippen molar-refractivity contribution in [1.29, 1.82) is 0 Å². The van der Waals surface area contributed by atoms with Crippen molar-refractivity contribution in [2.45, 2.75) is 25.9 Å². The Morgan fingerprint density at radius 2 is 2.22 bits per heavy atom. The molecule has 1 aliphatic rings. The van der Waals surface area contributed by atoms with Gasteiger partial charge in [-0.1, -0.05) is 25.1 Å². The van der Waals surface area contributed by atoms with Gasteiger partial charge in [0.2, 0.25) is 0 Å². The Balaban J connectivity index is 2.14. The molecule has 5 nitrogen and oxygen atoms in total. The highest BCUT2D eigenvalue weighted by Crippen LogP contribution is 2.24. The number of para-hydroxylation sites is 1. The number of ketones is 1. The van der Waals surface area contributed by atoms with E-state index in [9.17, 15) is 14.9 Å². The van der Waals surface area contributed by atoms with E-state index in [1.165, 1.54) is 6.07 Å². The first-order valence-corrected chi connectivity index (χ1v) is 5.96. The molecule has 18 heavy (non-hydrogen) atoms. The number of nitro benzene ring substituents is 1. The van der Waals surface area contributed by atoms with Gasteiger partial charge < -0.3 is 4.74 Å². The van der Waals surface area contributed by atoms with Crippen LogP contribution in [0.2, 0.25) is 0 Å². The summed E-state index contributed by atoms with van der Waals surface area (Å²) in [6.07, 6.45) is 0.518. The Morgan fingerprint density at radius 3 is 2.83 bits per heavy atom. The molecule has 2 unspecified atom stereocenters. The van der Waals surface area contributed by atoms with Gasteiger partial charge in [-0.2, -0.15) is 0 Å². The van der Waals surface area contributed by atoms with E-state index in [0.717, 1.165) is 6.42 Å².